The summed E-state index contributed by atoms with van der Waals surface area (Å²) in [5.74, 6) is 2.33. The van der Waals surface area contributed by atoms with Crippen LogP contribution in [-0.2, 0) is 9.47 Å². The number of hydrogen-bond acceptors (Lipinski definition) is 8. The Kier molecular flexibility index (Phi) is 7.43. The zero-order valence-corrected chi connectivity index (χ0v) is 19.4. The Hall–Kier alpha value is -3.44. The molecule has 2 atom stereocenters. The number of aromatic amines is 1. The second-order valence-electron chi connectivity index (χ2n) is 8.55. The molecule has 2 aliphatic carbocycles. The van der Waals surface area contributed by atoms with E-state index in [2.05, 4.69) is 25.7 Å². The summed E-state index contributed by atoms with van der Waals surface area (Å²) in [7, 11) is 3.49. The van der Waals surface area contributed by atoms with Gasteiger partial charge in [-0.2, -0.15) is 9.61 Å². The minimum atomic E-state index is -0.626. The van der Waals surface area contributed by atoms with E-state index < -0.39 is 5.91 Å². The number of amides is 1. The van der Waals surface area contributed by atoms with Crippen LogP contribution in [-0.4, -0.2) is 59.0 Å². The van der Waals surface area contributed by atoms with Gasteiger partial charge >= 0.3 is 0 Å². The number of ether oxygens (including phenoxy) is 2. The van der Waals surface area contributed by atoms with Gasteiger partial charge in [0, 0.05) is 39.6 Å². The first-order valence-corrected chi connectivity index (χ1v) is 11.4. The molecule has 2 unspecified atom stereocenters. The molecule has 11 nitrogen and oxygen atoms in total. The Morgan fingerprint density at radius 3 is 2.56 bits per heavy atom. The summed E-state index contributed by atoms with van der Waals surface area (Å²) in [6.07, 6.45) is 8.91. The predicted molar refractivity (Wildman–Crippen MR) is 128 cm³/mol. The number of methoxy groups -OCH3 is 1. The van der Waals surface area contributed by atoms with Crippen LogP contribution in [0.3, 0.4) is 0 Å². The molecule has 3 aromatic rings. The molecule has 5 N–H and O–H groups in total. The highest BCUT2D eigenvalue weighted by Gasteiger charge is 2.41. The number of pyridine rings is 1. The quantitative estimate of drug-likeness (QED) is 0.444. The smallest absolute Gasteiger partial charge is 0.271 e. The van der Waals surface area contributed by atoms with Crippen molar-refractivity contribution in [1.82, 2.24) is 19.6 Å². The highest BCUT2D eigenvalue weighted by molar-refractivity contribution is 5.98. The number of nitrogens with zero attached hydrogens (tertiary/aromatic N) is 3. The topological polar surface area (TPSA) is 149 Å². The van der Waals surface area contributed by atoms with E-state index >= 15 is 0 Å². The molecule has 2 saturated carbocycles. The van der Waals surface area contributed by atoms with Gasteiger partial charge in [0.05, 0.1) is 12.3 Å². The fourth-order valence-electron chi connectivity index (χ4n) is 3.73. The molecule has 1 amide bonds. The number of carbonyl (C=O) groups excluding carboxylic acids is 1. The van der Waals surface area contributed by atoms with E-state index in [1.54, 1.807) is 32.4 Å². The Bertz CT molecular complexity index is 1180. The molecule has 4 heterocycles. The third-order valence-electron chi connectivity index (χ3n) is 6.19. The van der Waals surface area contributed by atoms with Crippen LogP contribution < -0.4 is 21.9 Å². The van der Waals surface area contributed by atoms with Crippen LogP contribution in [0.2, 0.25) is 0 Å². The summed E-state index contributed by atoms with van der Waals surface area (Å²) in [4.78, 5) is 30.0. The first-order valence-electron chi connectivity index (χ1n) is 11.4. The van der Waals surface area contributed by atoms with Gasteiger partial charge in [0.2, 0.25) is 0 Å². The second-order valence-corrected chi connectivity index (χ2v) is 8.55. The monoisotopic (exact) mass is 469 g/mol. The number of rotatable bonds is 5. The highest BCUT2D eigenvalue weighted by atomic mass is 16.5. The zero-order valence-electron chi connectivity index (χ0n) is 19.4. The third kappa shape index (κ3) is 5.54. The van der Waals surface area contributed by atoms with Gasteiger partial charge in [-0.25, -0.2) is 4.98 Å². The molecule has 1 saturated heterocycles. The van der Waals surface area contributed by atoms with Crippen molar-refractivity contribution in [2.75, 3.05) is 38.0 Å². The van der Waals surface area contributed by atoms with Crippen LogP contribution in [0.5, 0.6) is 0 Å². The van der Waals surface area contributed by atoms with Crippen LogP contribution in [0, 0.1) is 11.8 Å². The number of anilines is 3. The van der Waals surface area contributed by atoms with E-state index in [1.807, 2.05) is 0 Å². The van der Waals surface area contributed by atoms with Gasteiger partial charge in [-0.3, -0.25) is 9.59 Å². The molecule has 34 heavy (non-hydrogen) atoms. The van der Waals surface area contributed by atoms with Crippen molar-refractivity contribution in [3.8, 4) is 0 Å². The van der Waals surface area contributed by atoms with E-state index in [0.29, 0.717) is 29.1 Å². The lowest BCUT2D eigenvalue weighted by molar-refractivity contribution is 0.0412. The lowest BCUT2D eigenvalue weighted by atomic mass is 9.96. The van der Waals surface area contributed by atoms with Crippen LogP contribution in [0.4, 0.5) is 17.3 Å². The van der Waals surface area contributed by atoms with Crippen molar-refractivity contribution >= 4 is 28.9 Å². The molecule has 11 heteroatoms. The largest absolute Gasteiger partial charge is 0.381 e. The molecule has 0 radical (unpaired) electrons. The van der Waals surface area contributed by atoms with Gasteiger partial charge in [0.25, 0.3) is 11.5 Å². The standard InChI is InChI=1S/C13H13N7O2.C5H8O.C5H10O/c1-15-10-5-9(18-8-3-2-4-16-13(8)22)19-12-7(11(14)21)6-17-20(10)12;1-4-2-6-3-5(1)4;1-6-5-3-2-4-5/h2-6,15H,1H3,(H2,14,21)(H,16,22)(H,18,19);4-5H,1-3H2;5H,2-4H2,1H3. The Morgan fingerprint density at radius 1 is 1.32 bits per heavy atom. The Balaban J connectivity index is 0.000000182. The highest BCUT2D eigenvalue weighted by Crippen LogP contribution is 2.43. The maximum atomic E-state index is 11.7. The van der Waals surface area contributed by atoms with Crippen molar-refractivity contribution in [1.29, 1.82) is 0 Å². The van der Waals surface area contributed by atoms with Gasteiger partial charge in [-0.15, -0.1) is 0 Å². The fourth-order valence-corrected chi connectivity index (χ4v) is 3.73. The maximum Gasteiger partial charge on any atom is 0.271 e. The summed E-state index contributed by atoms with van der Waals surface area (Å²) in [6.45, 7) is 2.12. The van der Waals surface area contributed by atoms with Crippen molar-refractivity contribution in [2.45, 2.75) is 31.8 Å². The molecule has 0 aromatic carbocycles. The van der Waals surface area contributed by atoms with E-state index in [1.165, 1.54) is 42.6 Å². The van der Waals surface area contributed by atoms with Crippen LogP contribution >= 0.6 is 0 Å². The van der Waals surface area contributed by atoms with Gasteiger partial charge in [0.1, 0.15) is 22.9 Å². The molecular formula is C23H31N7O4. The van der Waals surface area contributed by atoms with E-state index in [4.69, 9.17) is 15.2 Å². The number of fused-ring (bicyclic) bond motifs is 2. The lowest BCUT2D eigenvalue weighted by Crippen LogP contribution is -2.18. The zero-order chi connectivity index (χ0) is 24.1. The molecule has 6 rings (SSSR count). The molecule has 3 fully saturated rings. The summed E-state index contributed by atoms with van der Waals surface area (Å²) in [6, 6.07) is 4.97. The van der Waals surface area contributed by atoms with Gasteiger partial charge in [0.15, 0.2) is 5.65 Å². The summed E-state index contributed by atoms with van der Waals surface area (Å²) in [5, 5.41) is 9.92. The van der Waals surface area contributed by atoms with Gasteiger partial charge in [-0.1, -0.05) is 0 Å². The van der Waals surface area contributed by atoms with E-state index in [-0.39, 0.29) is 11.1 Å². The van der Waals surface area contributed by atoms with E-state index in [9.17, 15) is 9.59 Å². The number of aromatic nitrogens is 4. The summed E-state index contributed by atoms with van der Waals surface area (Å²) >= 11 is 0. The van der Waals surface area contributed by atoms with Crippen molar-refractivity contribution in [2.24, 2.45) is 17.6 Å². The minimum Gasteiger partial charge on any atom is -0.381 e. The number of nitrogens with two attached hydrogens (primary N) is 1. The lowest BCUT2D eigenvalue weighted by Gasteiger charge is -2.22. The van der Waals surface area contributed by atoms with Gasteiger partial charge in [-0.05, 0) is 49.7 Å². The molecule has 3 aromatic heterocycles. The summed E-state index contributed by atoms with van der Waals surface area (Å²) < 4.78 is 11.6. The average molecular weight is 470 g/mol. The van der Waals surface area contributed by atoms with Crippen molar-refractivity contribution in [3.63, 3.8) is 0 Å². The molecule has 1 aliphatic heterocycles. The third-order valence-corrected chi connectivity index (χ3v) is 6.19. The number of nitrogens with one attached hydrogen (secondary N) is 3. The predicted octanol–water partition coefficient (Wildman–Crippen LogP) is 2.14. The first-order chi connectivity index (χ1) is 16.5. The van der Waals surface area contributed by atoms with Crippen LogP contribution in [0.25, 0.3) is 5.65 Å². The number of hydrogen-bond donors (Lipinski definition) is 4. The fraction of sp³-hybridized carbons (Fsp3) is 0.478. The number of primary amides is 1. The summed E-state index contributed by atoms with van der Waals surface area (Å²) in [5.41, 5.74) is 5.87. The minimum absolute atomic E-state index is 0.196. The molecule has 0 bridgehead atoms. The Labute approximate surface area is 197 Å². The SMILES string of the molecule is C1OCC2CC12.CNc1cc(Nc2ccc[nH]c2=O)nc2c(C(N)=O)cnn12.COC1CCC1. The van der Waals surface area contributed by atoms with Gasteiger partial charge < -0.3 is 30.8 Å². The van der Waals surface area contributed by atoms with Crippen molar-refractivity contribution in [3.05, 3.63) is 46.5 Å². The number of carbonyl (C=O) groups is 1. The maximum absolute atomic E-state index is 11.7. The number of H-pyrrole nitrogens is 1. The van der Waals surface area contributed by atoms with Crippen LogP contribution in [0.15, 0.2) is 35.4 Å². The molecule has 182 valence electrons. The van der Waals surface area contributed by atoms with Crippen LogP contribution in [0.1, 0.15) is 36.0 Å². The van der Waals surface area contributed by atoms with E-state index in [0.717, 1.165) is 25.0 Å². The molecule has 3 aliphatic rings. The normalized spacial score (nSPS) is 20.2. The molecular weight excluding hydrogens is 438 g/mol. The Morgan fingerprint density at radius 2 is 2.09 bits per heavy atom. The molecule has 0 spiro atoms. The first kappa shape index (κ1) is 23.7. The average Bonchev–Trinajstić information content (AvgIpc) is 3.18. The van der Waals surface area contributed by atoms with Crippen molar-refractivity contribution < 1.29 is 14.3 Å². The second kappa shape index (κ2) is 10.7.